The van der Waals surface area contributed by atoms with Crippen molar-refractivity contribution >= 4 is 17.4 Å². The summed E-state index contributed by atoms with van der Waals surface area (Å²) in [6.45, 7) is 1.46. The Morgan fingerprint density at radius 1 is 0.919 bits per heavy atom. The van der Waals surface area contributed by atoms with Crippen molar-refractivity contribution in [2.45, 2.75) is 31.7 Å². The first-order chi connectivity index (χ1) is 17.8. The van der Waals surface area contributed by atoms with Crippen LogP contribution in [0.25, 0.3) is 0 Å². The number of amides is 2. The fraction of sp³-hybridized carbons (Fsp3) is 0.321. The molecule has 5 rings (SSSR count). The number of carbonyl (C=O) groups excluding carboxylic acids is 1. The van der Waals surface area contributed by atoms with Gasteiger partial charge in [-0.3, -0.25) is 4.90 Å². The molecule has 0 N–H and O–H groups in total. The number of rotatable bonds is 6. The fourth-order valence-corrected chi connectivity index (χ4v) is 5.31. The van der Waals surface area contributed by atoms with Gasteiger partial charge >= 0.3 is 12.2 Å². The second-order valence-electron chi connectivity index (χ2n) is 9.18. The van der Waals surface area contributed by atoms with Crippen LogP contribution in [-0.4, -0.2) is 44.3 Å². The highest BCUT2D eigenvalue weighted by molar-refractivity contribution is 5.97. The van der Waals surface area contributed by atoms with Gasteiger partial charge in [0.25, 0.3) is 0 Å². The number of alkyl halides is 3. The van der Waals surface area contributed by atoms with E-state index < -0.39 is 11.7 Å². The van der Waals surface area contributed by atoms with Gasteiger partial charge in [-0.1, -0.05) is 42.5 Å². The summed E-state index contributed by atoms with van der Waals surface area (Å²) in [5.74, 6) is 1.21. The Labute approximate surface area is 213 Å². The van der Waals surface area contributed by atoms with Crippen molar-refractivity contribution in [2.75, 3.05) is 37.1 Å². The van der Waals surface area contributed by atoms with E-state index >= 15 is 0 Å². The Bertz CT molecular complexity index is 1300. The number of carbonyl (C=O) groups is 1. The van der Waals surface area contributed by atoms with Crippen molar-refractivity contribution in [1.82, 2.24) is 4.90 Å². The summed E-state index contributed by atoms with van der Waals surface area (Å²) in [7, 11) is 3.12. The Morgan fingerprint density at radius 3 is 2.38 bits per heavy atom. The van der Waals surface area contributed by atoms with Gasteiger partial charge in [0.05, 0.1) is 43.7 Å². The number of hydrogen-bond acceptors (Lipinski definition) is 4. The second kappa shape index (κ2) is 9.88. The van der Waals surface area contributed by atoms with Gasteiger partial charge in [-0.05, 0) is 41.8 Å². The minimum atomic E-state index is -4.53. The van der Waals surface area contributed by atoms with Gasteiger partial charge in [-0.2, -0.15) is 13.2 Å². The summed E-state index contributed by atoms with van der Waals surface area (Å²) in [6, 6.07) is 18.1. The van der Waals surface area contributed by atoms with E-state index in [0.29, 0.717) is 24.5 Å². The summed E-state index contributed by atoms with van der Waals surface area (Å²) >= 11 is 0. The van der Waals surface area contributed by atoms with Crippen molar-refractivity contribution in [1.29, 1.82) is 0 Å². The summed E-state index contributed by atoms with van der Waals surface area (Å²) in [5, 5.41) is 0. The first-order valence-corrected chi connectivity index (χ1v) is 12.1. The van der Waals surface area contributed by atoms with Crippen molar-refractivity contribution in [2.24, 2.45) is 0 Å². The lowest BCUT2D eigenvalue weighted by molar-refractivity contribution is -0.138. The van der Waals surface area contributed by atoms with Crippen LogP contribution in [0.3, 0.4) is 0 Å². The van der Waals surface area contributed by atoms with Crippen LogP contribution in [0.4, 0.5) is 29.3 Å². The molecule has 0 radical (unpaired) electrons. The number of halogens is 3. The van der Waals surface area contributed by atoms with Crippen molar-refractivity contribution in [3.8, 4) is 11.5 Å². The highest BCUT2D eigenvalue weighted by Crippen LogP contribution is 2.41. The van der Waals surface area contributed by atoms with Crippen LogP contribution in [-0.2, 0) is 19.3 Å². The standard InChI is InChI=1S/C28H28F3N3O3/c1-36-24-12-6-5-11-23(24)32-15-14-21(18-32)33-17-20-9-7-13-25(37-2)26(20)34(27(33)35)16-19-8-3-4-10-22(19)28(29,30)31/h3-13,21H,14-18H2,1-2H3. The molecule has 6 nitrogen and oxygen atoms in total. The van der Waals surface area contributed by atoms with Crippen LogP contribution in [0.1, 0.15) is 23.1 Å². The lowest BCUT2D eigenvalue weighted by Crippen LogP contribution is -2.52. The molecule has 0 spiro atoms. The van der Waals surface area contributed by atoms with E-state index in [0.717, 1.165) is 36.0 Å². The molecule has 1 saturated heterocycles. The molecule has 3 aromatic carbocycles. The number of benzene rings is 3. The summed E-state index contributed by atoms with van der Waals surface area (Å²) in [5.41, 5.74) is 1.58. The Morgan fingerprint density at radius 2 is 1.62 bits per heavy atom. The van der Waals surface area contributed by atoms with Crippen molar-refractivity contribution in [3.05, 3.63) is 83.4 Å². The number of methoxy groups -OCH3 is 2. The maximum atomic E-state index is 13.9. The minimum absolute atomic E-state index is 0.0316. The molecular weight excluding hydrogens is 483 g/mol. The number of nitrogens with zero attached hydrogens (tertiary/aromatic N) is 3. The third-order valence-electron chi connectivity index (χ3n) is 7.07. The van der Waals surface area contributed by atoms with Gasteiger partial charge in [0.1, 0.15) is 11.5 Å². The van der Waals surface area contributed by atoms with E-state index in [2.05, 4.69) is 4.90 Å². The number of hydrogen-bond donors (Lipinski definition) is 0. The molecule has 1 fully saturated rings. The Hall–Kier alpha value is -3.88. The zero-order valence-electron chi connectivity index (χ0n) is 20.7. The second-order valence-corrected chi connectivity index (χ2v) is 9.18. The molecule has 37 heavy (non-hydrogen) atoms. The number of para-hydroxylation sites is 3. The zero-order chi connectivity index (χ0) is 26.2. The average molecular weight is 512 g/mol. The third kappa shape index (κ3) is 4.65. The first-order valence-electron chi connectivity index (χ1n) is 12.1. The normalized spacial score (nSPS) is 17.7. The molecule has 3 aromatic rings. The van der Waals surface area contributed by atoms with Gasteiger partial charge in [-0.15, -0.1) is 0 Å². The van der Waals surface area contributed by atoms with E-state index in [4.69, 9.17) is 9.47 Å². The van der Waals surface area contributed by atoms with E-state index in [9.17, 15) is 18.0 Å². The summed E-state index contributed by atoms with van der Waals surface area (Å²) in [4.78, 5) is 19.3. The van der Waals surface area contributed by atoms with E-state index in [1.807, 2.05) is 36.4 Å². The van der Waals surface area contributed by atoms with E-state index in [1.165, 1.54) is 24.1 Å². The third-order valence-corrected chi connectivity index (χ3v) is 7.07. The number of ether oxygens (including phenoxy) is 2. The van der Waals surface area contributed by atoms with Gasteiger partial charge in [0.2, 0.25) is 0 Å². The van der Waals surface area contributed by atoms with Crippen LogP contribution in [0.2, 0.25) is 0 Å². The van der Waals surface area contributed by atoms with Crippen LogP contribution in [0, 0.1) is 0 Å². The molecule has 0 bridgehead atoms. The molecule has 9 heteroatoms. The molecule has 0 aromatic heterocycles. The SMILES string of the molecule is COc1ccccc1N1CCC(N2Cc3cccc(OC)c3N(Cc3ccccc3C(F)(F)F)C2=O)C1. The topological polar surface area (TPSA) is 45.2 Å². The molecule has 2 aliphatic heterocycles. The van der Waals surface area contributed by atoms with Crippen LogP contribution in [0.15, 0.2) is 66.7 Å². The van der Waals surface area contributed by atoms with Gasteiger partial charge < -0.3 is 19.3 Å². The maximum Gasteiger partial charge on any atom is 0.416 e. The van der Waals surface area contributed by atoms with Gasteiger partial charge in [-0.25, -0.2) is 4.79 Å². The van der Waals surface area contributed by atoms with Crippen molar-refractivity contribution in [3.63, 3.8) is 0 Å². The van der Waals surface area contributed by atoms with Gasteiger partial charge in [0, 0.05) is 19.6 Å². The Kier molecular flexibility index (Phi) is 6.62. The highest BCUT2D eigenvalue weighted by atomic mass is 19.4. The summed E-state index contributed by atoms with van der Waals surface area (Å²) < 4.78 is 52.4. The zero-order valence-corrected chi connectivity index (χ0v) is 20.7. The highest BCUT2D eigenvalue weighted by Gasteiger charge is 2.41. The quantitative estimate of drug-likeness (QED) is 0.411. The molecule has 2 heterocycles. The average Bonchev–Trinajstić information content (AvgIpc) is 3.39. The number of urea groups is 1. The largest absolute Gasteiger partial charge is 0.495 e. The monoisotopic (exact) mass is 511 g/mol. The molecule has 2 aliphatic rings. The predicted octanol–water partition coefficient (Wildman–Crippen LogP) is 5.94. The minimum Gasteiger partial charge on any atom is -0.495 e. The Balaban J connectivity index is 1.49. The van der Waals surface area contributed by atoms with E-state index in [-0.39, 0.29) is 24.2 Å². The predicted molar refractivity (Wildman–Crippen MR) is 135 cm³/mol. The molecule has 194 valence electrons. The number of fused-ring (bicyclic) bond motifs is 1. The summed E-state index contributed by atoms with van der Waals surface area (Å²) in [6.07, 6.45) is -3.80. The molecule has 1 atom stereocenters. The van der Waals surface area contributed by atoms with Crippen LogP contribution in [0.5, 0.6) is 11.5 Å². The maximum absolute atomic E-state index is 13.9. The number of anilines is 2. The molecule has 1 unspecified atom stereocenters. The van der Waals surface area contributed by atoms with E-state index in [1.54, 1.807) is 24.1 Å². The van der Waals surface area contributed by atoms with Crippen LogP contribution >= 0.6 is 0 Å². The van der Waals surface area contributed by atoms with Crippen molar-refractivity contribution < 1.29 is 27.4 Å². The molecule has 0 saturated carbocycles. The lowest BCUT2D eigenvalue weighted by Gasteiger charge is -2.41. The smallest absolute Gasteiger partial charge is 0.416 e. The molecular formula is C28H28F3N3O3. The van der Waals surface area contributed by atoms with Crippen LogP contribution < -0.4 is 19.3 Å². The molecule has 0 aliphatic carbocycles. The molecule has 2 amide bonds. The lowest BCUT2D eigenvalue weighted by atomic mass is 10.0. The first kappa shape index (κ1) is 24.8. The van der Waals surface area contributed by atoms with Gasteiger partial charge in [0.15, 0.2) is 0 Å². The fourth-order valence-electron chi connectivity index (χ4n) is 5.31.